The number of fused-ring (bicyclic) bond motifs is 4. The fourth-order valence-electron chi connectivity index (χ4n) is 5.72. The van der Waals surface area contributed by atoms with Gasteiger partial charge >= 0.3 is 0 Å². The summed E-state index contributed by atoms with van der Waals surface area (Å²) in [6.45, 7) is 15.5. The Bertz CT molecular complexity index is 739. The maximum atomic E-state index is 6.29. The Kier molecular flexibility index (Phi) is 8.33. The molecule has 4 nitrogen and oxygen atoms in total. The van der Waals surface area contributed by atoms with Gasteiger partial charge in [0.05, 0.1) is 24.9 Å². The molecule has 1 fully saturated rings. The third-order valence-corrected chi connectivity index (χ3v) is 7.54. The predicted molar refractivity (Wildman–Crippen MR) is 133 cm³/mol. The van der Waals surface area contributed by atoms with E-state index in [1.54, 1.807) is 7.11 Å². The Balaban J connectivity index is 1.63. The van der Waals surface area contributed by atoms with Crippen molar-refractivity contribution in [1.29, 1.82) is 0 Å². The van der Waals surface area contributed by atoms with Crippen LogP contribution in [0.1, 0.15) is 91.2 Å². The minimum atomic E-state index is -0.173. The lowest BCUT2D eigenvalue weighted by Crippen LogP contribution is -2.56. The summed E-state index contributed by atoms with van der Waals surface area (Å²) in [7, 11) is 1.77. The molecular formula is C28H47NO3. The first-order chi connectivity index (χ1) is 15.0. The van der Waals surface area contributed by atoms with E-state index in [1.807, 2.05) is 0 Å². The van der Waals surface area contributed by atoms with E-state index in [4.69, 9.17) is 14.2 Å². The van der Waals surface area contributed by atoms with Gasteiger partial charge in [-0.3, -0.25) is 0 Å². The van der Waals surface area contributed by atoms with Crippen LogP contribution in [-0.4, -0.2) is 44.1 Å². The second kappa shape index (κ2) is 10.4. The number of ether oxygens (including phenoxy) is 3. The SMILES string of the molecule is COc1ccc2c(c1)[C@@]1(C)CCCCC[C@@H](C2)C1NCCOC(C)(C)CCOC(C)(C)C. The van der Waals surface area contributed by atoms with Gasteiger partial charge in [0.2, 0.25) is 0 Å². The van der Waals surface area contributed by atoms with Crippen molar-refractivity contribution in [2.24, 2.45) is 5.92 Å². The first-order valence-corrected chi connectivity index (χ1v) is 12.7. The van der Waals surface area contributed by atoms with E-state index in [-0.39, 0.29) is 16.6 Å². The quantitative estimate of drug-likeness (QED) is 0.470. The molecule has 0 aromatic heterocycles. The van der Waals surface area contributed by atoms with Crippen molar-refractivity contribution in [3.8, 4) is 5.75 Å². The zero-order valence-corrected chi connectivity index (χ0v) is 21.7. The van der Waals surface area contributed by atoms with E-state index in [0.29, 0.717) is 12.0 Å². The number of hydrogen-bond donors (Lipinski definition) is 1. The molecule has 0 amide bonds. The summed E-state index contributed by atoms with van der Waals surface area (Å²) < 4.78 is 17.8. The number of methoxy groups -OCH3 is 1. The van der Waals surface area contributed by atoms with E-state index in [0.717, 1.165) is 31.9 Å². The Morgan fingerprint density at radius 3 is 2.53 bits per heavy atom. The third-order valence-electron chi connectivity index (χ3n) is 7.54. The Morgan fingerprint density at radius 1 is 1.03 bits per heavy atom. The molecule has 2 bridgehead atoms. The van der Waals surface area contributed by atoms with Crippen molar-refractivity contribution in [2.75, 3.05) is 26.9 Å². The molecule has 1 aromatic rings. The van der Waals surface area contributed by atoms with Crippen LogP contribution in [0.4, 0.5) is 0 Å². The fourth-order valence-corrected chi connectivity index (χ4v) is 5.72. The van der Waals surface area contributed by atoms with Gasteiger partial charge in [-0.2, -0.15) is 0 Å². The molecule has 2 aliphatic rings. The van der Waals surface area contributed by atoms with Crippen LogP contribution >= 0.6 is 0 Å². The molecule has 0 heterocycles. The van der Waals surface area contributed by atoms with Crippen LogP contribution in [0.2, 0.25) is 0 Å². The van der Waals surface area contributed by atoms with Crippen molar-refractivity contribution in [2.45, 2.75) is 109 Å². The van der Waals surface area contributed by atoms with Crippen molar-refractivity contribution >= 4 is 0 Å². The Morgan fingerprint density at radius 2 is 1.81 bits per heavy atom. The van der Waals surface area contributed by atoms with E-state index in [2.05, 4.69) is 65.1 Å². The molecule has 2 aliphatic carbocycles. The van der Waals surface area contributed by atoms with Crippen molar-refractivity contribution in [3.05, 3.63) is 29.3 Å². The average Bonchev–Trinajstić information content (AvgIpc) is 2.70. The molecule has 1 N–H and O–H groups in total. The zero-order chi connectivity index (χ0) is 23.4. The first kappa shape index (κ1) is 25.5. The number of hydrogen-bond acceptors (Lipinski definition) is 4. The molecule has 0 radical (unpaired) electrons. The van der Waals surface area contributed by atoms with Gasteiger partial charge in [0.1, 0.15) is 5.75 Å². The predicted octanol–water partition coefficient (Wildman–Crippen LogP) is 6.05. The number of benzene rings is 1. The molecule has 4 heteroatoms. The first-order valence-electron chi connectivity index (χ1n) is 12.7. The average molecular weight is 446 g/mol. The topological polar surface area (TPSA) is 39.7 Å². The zero-order valence-electron chi connectivity index (χ0n) is 21.7. The second-order valence-corrected chi connectivity index (χ2v) is 11.8. The molecule has 1 unspecified atom stereocenters. The monoisotopic (exact) mass is 445 g/mol. The van der Waals surface area contributed by atoms with Crippen LogP contribution in [-0.2, 0) is 21.3 Å². The van der Waals surface area contributed by atoms with E-state index in [9.17, 15) is 0 Å². The molecule has 0 saturated heterocycles. The molecule has 1 aromatic carbocycles. The highest BCUT2D eigenvalue weighted by atomic mass is 16.5. The molecule has 0 aliphatic heterocycles. The molecule has 0 spiro atoms. The van der Waals surface area contributed by atoms with E-state index < -0.39 is 0 Å². The molecular weight excluding hydrogens is 398 g/mol. The lowest BCUT2D eigenvalue weighted by atomic mass is 9.59. The highest BCUT2D eigenvalue weighted by Crippen LogP contribution is 2.47. The normalized spacial score (nSPS) is 26.2. The molecule has 3 rings (SSSR count). The minimum absolute atomic E-state index is 0.0952. The summed E-state index contributed by atoms with van der Waals surface area (Å²) in [5.41, 5.74) is 2.89. The van der Waals surface area contributed by atoms with Crippen molar-refractivity contribution < 1.29 is 14.2 Å². The summed E-state index contributed by atoms with van der Waals surface area (Å²) in [6.07, 6.45) is 8.63. The smallest absolute Gasteiger partial charge is 0.119 e. The third kappa shape index (κ3) is 6.48. The van der Waals surface area contributed by atoms with Crippen LogP contribution in [0.15, 0.2) is 18.2 Å². The lowest BCUT2D eigenvalue weighted by Gasteiger charge is -2.49. The van der Waals surface area contributed by atoms with Gasteiger partial charge in [-0.25, -0.2) is 0 Å². The molecule has 3 atom stereocenters. The maximum absolute atomic E-state index is 6.29. The van der Waals surface area contributed by atoms with Crippen LogP contribution in [0, 0.1) is 5.92 Å². The Labute approximate surface area is 196 Å². The molecule has 182 valence electrons. The molecule has 32 heavy (non-hydrogen) atoms. The standard InChI is InChI=1S/C28H47NO3/c1-26(2,3)31-17-15-27(4,5)32-18-16-29-25-22-11-9-8-10-14-28(25,6)24-20-23(30-7)13-12-21(24)19-22/h12-13,20,22,25,29H,8-11,14-19H2,1-7H3/t22-,25?,28+/m0/s1. The largest absolute Gasteiger partial charge is 0.497 e. The van der Waals surface area contributed by atoms with Crippen LogP contribution in [0.5, 0.6) is 5.75 Å². The summed E-state index contributed by atoms with van der Waals surface area (Å²) in [5.74, 6) is 1.67. The van der Waals surface area contributed by atoms with Gasteiger partial charge in [0, 0.05) is 24.6 Å². The van der Waals surface area contributed by atoms with Gasteiger partial charge in [-0.1, -0.05) is 32.3 Å². The van der Waals surface area contributed by atoms with Crippen LogP contribution < -0.4 is 10.1 Å². The van der Waals surface area contributed by atoms with E-state index in [1.165, 1.54) is 49.7 Å². The van der Waals surface area contributed by atoms with Gasteiger partial charge in [0.15, 0.2) is 0 Å². The summed E-state index contributed by atoms with van der Waals surface area (Å²) >= 11 is 0. The van der Waals surface area contributed by atoms with Gasteiger partial charge in [-0.05, 0) is 89.5 Å². The maximum Gasteiger partial charge on any atom is 0.119 e. The Hall–Kier alpha value is -1.10. The van der Waals surface area contributed by atoms with E-state index >= 15 is 0 Å². The van der Waals surface area contributed by atoms with Crippen molar-refractivity contribution in [1.82, 2.24) is 5.32 Å². The second-order valence-electron chi connectivity index (χ2n) is 11.8. The lowest BCUT2D eigenvalue weighted by molar-refractivity contribution is -0.0663. The van der Waals surface area contributed by atoms with Crippen LogP contribution in [0.3, 0.4) is 0 Å². The van der Waals surface area contributed by atoms with Gasteiger partial charge in [-0.15, -0.1) is 0 Å². The van der Waals surface area contributed by atoms with Crippen molar-refractivity contribution in [3.63, 3.8) is 0 Å². The summed E-state index contributed by atoms with van der Waals surface area (Å²) in [4.78, 5) is 0. The van der Waals surface area contributed by atoms with Crippen LogP contribution in [0.25, 0.3) is 0 Å². The fraction of sp³-hybridized carbons (Fsp3) is 0.786. The van der Waals surface area contributed by atoms with Gasteiger partial charge < -0.3 is 19.5 Å². The number of nitrogens with one attached hydrogen (secondary N) is 1. The van der Waals surface area contributed by atoms with Gasteiger partial charge in [0.25, 0.3) is 0 Å². The number of rotatable bonds is 9. The summed E-state index contributed by atoms with van der Waals surface area (Å²) in [5, 5.41) is 3.97. The molecule has 1 saturated carbocycles. The highest BCUT2D eigenvalue weighted by Gasteiger charge is 2.45. The summed E-state index contributed by atoms with van der Waals surface area (Å²) in [6, 6.07) is 7.23. The highest BCUT2D eigenvalue weighted by molar-refractivity contribution is 5.44. The minimum Gasteiger partial charge on any atom is -0.497 e.